The third kappa shape index (κ3) is 4.04. The number of carbonyl (C=O) groups is 1. The highest BCUT2D eigenvalue weighted by atomic mass is 16.2. The van der Waals surface area contributed by atoms with Crippen LogP contribution in [0.5, 0.6) is 0 Å². The maximum absolute atomic E-state index is 12.0. The fraction of sp³-hybridized carbons (Fsp3) is 0.500. The first-order chi connectivity index (χ1) is 8.58. The molecule has 0 aliphatic heterocycles. The molecule has 4 nitrogen and oxygen atoms in total. The monoisotopic (exact) mass is 249 g/mol. The maximum Gasteiger partial charge on any atom is 0.321 e. The van der Waals surface area contributed by atoms with E-state index in [1.54, 1.807) is 4.90 Å². The lowest BCUT2D eigenvalue weighted by molar-refractivity contribution is 0.205. The predicted molar refractivity (Wildman–Crippen MR) is 75.5 cm³/mol. The normalized spacial score (nSPS) is 12.0. The summed E-state index contributed by atoms with van der Waals surface area (Å²) in [6.45, 7) is 4.69. The van der Waals surface area contributed by atoms with Gasteiger partial charge in [-0.25, -0.2) is 4.79 Å². The minimum atomic E-state index is -0.0727. The second-order valence-corrected chi connectivity index (χ2v) is 4.58. The van der Waals surface area contributed by atoms with Crippen molar-refractivity contribution in [3.8, 4) is 0 Å². The maximum atomic E-state index is 12.0. The van der Waals surface area contributed by atoms with E-state index >= 15 is 0 Å². The quantitative estimate of drug-likeness (QED) is 0.843. The van der Waals surface area contributed by atoms with Gasteiger partial charge in [-0.3, -0.25) is 0 Å². The van der Waals surface area contributed by atoms with E-state index in [4.69, 9.17) is 5.73 Å². The highest BCUT2D eigenvalue weighted by Crippen LogP contribution is 2.11. The van der Waals surface area contributed by atoms with Gasteiger partial charge in [-0.15, -0.1) is 0 Å². The van der Waals surface area contributed by atoms with Crippen LogP contribution in [-0.4, -0.2) is 24.0 Å². The molecule has 0 saturated carbocycles. The average Bonchev–Trinajstić information content (AvgIpc) is 2.39. The zero-order valence-electron chi connectivity index (χ0n) is 11.4. The molecular formula is C14H23N3O. The minimum Gasteiger partial charge on any atom is -0.326 e. The zero-order chi connectivity index (χ0) is 13.5. The first kappa shape index (κ1) is 14.5. The number of carbonyl (C=O) groups excluding carboxylic acids is 1. The van der Waals surface area contributed by atoms with Crippen LogP contribution in [0.2, 0.25) is 0 Å². The number of nitrogens with zero attached hydrogens (tertiary/aromatic N) is 1. The van der Waals surface area contributed by atoms with Crippen molar-refractivity contribution in [1.82, 2.24) is 4.90 Å². The second kappa shape index (κ2) is 7.01. The van der Waals surface area contributed by atoms with E-state index < -0.39 is 0 Å². The molecule has 4 heteroatoms. The zero-order valence-corrected chi connectivity index (χ0v) is 11.4. The third-order valence-corrected chi connectivity index (χ3v) is 3.13. The van der Waals surface area contributed by atoms with Gasteiger partial charge in [0, 0.05) is 25.3 Å². The molecule has 0 aliphatic carbocycles. The van der Waals surface area contributed by atoms with Crippen molar-refractivity contribution >= 4 is 11.7 Å². The Hall–Kier alpha value is -1.55. The van der Waals surface area contributed by atoms with Crippen LogP contribution in [-0.2, 0) is 6.54 Å². The minimum absolute atomic E-state index is 0.0727. The topological polar surface area (TPSA) is 58.4 Å². The van der Waals surface area contributed by atoms with Gasteiger partial charge in [0.15, 0.2) is 0 Å². The van der Waals surface area contributed by atoms with E-state index in [1.165, 1.54) is 0 Å². The molecular weight excluding hydrogens is 226 g/mol. The van der Waals surface area contributed by atoms with E-state index in [2.05, 4.69) is 19.2 Å². The van der Waals surface area contributed by atoms with Gasteiger partial charge in [0.2, 0.25) is 0 Å². The van der Waals surface area contributed by atoms with Gasteiger partial charge in [0.25, 0.3) is 0 Å². The molecule has 1 aromatic carbocycles. The number of nitrogens with one attached hydrogen (secondary N) is 1. The SMILES string of the molecule is CCCC(C)N(C)C(=O)Nc1ccc(CN)cc1. The molecule has 0 saturated heterocycles. The van der Waals surface area contributed by atoms with E-state index in [1.807, 2.05) is 31.3 Å². The molecule has 0 heterocycles. The number of rotatable bonds is 5. The van der Waals surface area contributed by atoms with E-state index in [0.29, 0.717) is 6.54 Å². The summed E-state index contributed by atoms with van der Waals surface area (Å²) in [7, 11) is 1.82. The summed E-state index contributed by atoms with van der Waals surface area (Å²) >= 11 is 0. The van der Waals surface area contributed by atoms with Crippen LogP contribution in [0.1, 0.15) is 32.3 Å². The molecule has 1 aromatic rings. The molecule has 1 atom stereocenters. The lowest BCUT2D eigenvalue weighted by atomic mass is 10.2. The van der Waals surface area contributed by atoms with Crippen LogP contribution in [0.15, 0.2) is 24.3 Å². The smallest absolute Gasteiger partial charge is 0.321 e. The Kier molecular flexibility index (Phi) is 5.65. The Morgan fingerprint density at radius 3 is 2.50 bits per heavy atom. The molecule has 100 valence electrons. The summed E-state index contributed by atoms with van der Waals surface area (Å²) in [5.41, 5.74) is 7.38. The van der Waals surface area contributed by atoms with Gasteiger partial charge in [-0.05, 0) is 31.0 Å². The molecule has 1 unspecified atom stereocenters. The summed E-state index contributed by atoms with van der Waals surface area (Å²) in [6, 6.07) is 7.77. The molecule has 3 N–H and O–H groups in total. The van der Waals surface area contributed by atoms with Crippen molar-refractivity contribution in [2.24, 2.45) is 5.73 Å². The van der Waals surface area contributed by atoms with E-state index in [-0.39, 0.29) is 12.1 Å². The van der Waals surface area contributed by atoms with Crippen LogP contribution in [0.25, 0.3) is 0 Å². The summed E-state index contributed by atoms with van der Waals surface area (Å²) in [6.07, 6.45) is 2.08. The Morgan fingerprint density at radius 1 is 1.39 bits per heavy atom. The van der Waals surface area contributed by atoms with E-state index in [9.17, 15) is 4.79 Å². The Bertz CT molecular complexity index is 375. The number of amides is 2. The van der Waals surface area contributed by atoms with Gasteiger partial charge in [0.1, 0.15) is 0 Å². The lowest BCUT2D eigenvalue weighted by Crippen LogP contribution is -2.38. The molecule has 0 aliphatic rings. The van der Waals surface area contributed by atoms with Gasteiger partial charge in [0.05, 0.1) is 0 Å². The molecule has 0 bridgehead atoms. The van der Waals surface area contributed by atoms with Crippen LogP contribution in [0, 0.1) is 0 Å². The molecule has 0 spiro atoms. The fourth-order valence-corrected chi connectivity index (χ4v) is 1.75. The van der Waals surface area contributed by atoms with Crippen molar-refractivity contribution in [2.75, 3.05) is 12.4 Å². The molecule has 0 radical (unpaired) electrons. The summed E-state index contributed by atoms with van der Waals surface area (Å²) in [5, 5.41) is 2.88. The predicted octanol–water partition coefficient (Wildman–Crippen LogP) is 2.80. The summed E-state index contributed by atoms with van der Waals surface area (Å²) in [4.78, 5) is 13.7. The third-order valence-electron chi connectivity index (χ3n) is 3.13. The Morgan fingerprint density at radius 2 is 2.00 bits per heavy atom. The second-order valence-electron chi connectivity index (χ2n) is 4.58. The summed E-state index contributed by atoms with van der Waals surface area (Å²) < 4.78 is 0. The number of benzene rings is 1. The van der Waals surface area contributed by atoms with Gasteiger partial charge in [-0.2, -0.15) is 0 Å². The van der Waals surface area contributed by atoms with Crippen molar-refractivity contribution in [2.45, 2.75) is 39.3 Å². The number of hydrogen-bond acceptors (Lipinski definition) is 2. The van der Waals surface area contributed by atoms with Crippen molar-refractivity contribution < 1.29 is 4.79 Å². The fourth-order valence-electron chi connectivity index (χ4n) is 1.75. The van der Waals surface area contributed by atoms with Crippen molar-refractivity contribution in [1.29, 1.82) is 0 Å². The first-order valence-electron chi connectivity index (χ1n) is 6.41. The summed E-state index contributed by atoms with van der Waals surface area (Å²) in [5.74, 6) is 0. The average molecular weight is 249 g/mol. The van der Waals surface area contributed by atoms with Gasteiger partial charge >= 0.3 is 6.03 Å². The highest BCUT2D eigenvalue weighted by Gasteiger charge is 2.14. The Balaban J connectivity index is 2.57. The van der Waals surface area contributed by atoms with Crippen LogP contribution in [0.3, 0.4) is 0 Å². The van der Waals surface area contributed by atoms with Crippen molar-refractivity contribution in [3.63, 3.8) is 0 Å². The van der Waals surface area contributed by atoms with Gasteiger partial charge in [-0.1, -0.05) is 25.5 Å². The first-order valence-corrected chi connectivity index (χ1v) is 6.41. The molecule has 0 aromatic heterocycles. The Labute approximate surface area is 109 Å². The van der Waals surface area contributed by atoms with Crippen LogP contribution >= 0.6 is 0 Å². The standard InChI is InChI=1S/C14H23N3O/c1-4-5-11(2)17(3)14(18)16-13-8-6-12(10-15)7-9-13/h6-9,11H,4-5,10,15H2,1-3H3,(H,16,18). The molecule has 18 heavy (non-hydrogen) atoms. The molecule has 1 rings (SSSR count). The number of anilines is 1. The highest BCUT2D eigenvalue weighted by molar-refractivity contribution is 5.89. The van der Waals surface area contributed by atoms with E-state index in [0.717, 1.165) is 24.1 Å². The molecule has 0 fully saturated rings. The van der Waals surface area contributed by atoms with Crippen molar-refractivity contribution in [3.05, 3.63) is 29.8 Å². The van der Waals surface area contributed by atoms with Crippen LogP contribution in [0.4, 0.5) is 10.5 Å². The molecule has 2 amide bonds. The number of urea groups is 1. The number of nitrogens with two attached hydrogens (primary N) is 1. The van der Waals surface area contributed by atoms with Gasteiger partial charge < -0.3 is 16.0 Å². The largest absolute Gasteiger partial charge is 0.326 e. The van der Waals surface area contributed by atoms with Crippen LogP contribution < -0.4 is 11.1 Å². The lowest BCUT2D eigenvalue weighted by Gasteiger charge is -2.24. The number of hydrogen-bond donors (Lipinski definition) is 2.